The Morgan fingerprint density at radius 1 is 1.33 bits per heavy atom. The van der Waals surface area contributed by atoms with Crippen LogP contribution in [0.5, 0.6) is 0 Å². The average Bonchev–Trinajstić information content (AvgIpc) is 2.56. The third kappa shape index (κ3) is 4.13. The van der Waals surface area contributed by atoms with Crippen molar-refractivity contribution in [2.75, 3.05) is 6.61 Å². The fraction of sp³-hybridized carbons (Fsp3) is 0.400. The summed E-state index contributed by atoms with van der Waals surface area (Å²) in [6, 6.07) is 10.2. The molecule has 1 aromatic carbocycles. The lowest BCUT2D eigenvalue weighted by Gasteiger charge is -2.37. The first-order chi connectivity index (χ1) is 11.5. The Hall–Kier alpha value is -2.36. The maximum absolute atomic E-state index is 11.7. The molecule has 0 aliphatic heterocycles. The van der Waals surface area contributed by atoms with E-state index in [1.165, 1.54) is 5.57 Å². The lowest BCUT2D eigenvalue weighted by Crippen LogP contribution is -2.33. The molecule has 128 valence electrons. The van der Waals surface area contributed by atoms with Crippen LogP contribution in [0.15, 0.2) is 58.8 Å². The number of hydrogen-bond donors (Lipinski definition) is 1. The first kappa shape index (κ1) is 18.0. The Kier molecular flexibility index (Phi) is 5.96. The van der Waals surface area contributed by atoms with Crippen molar-refractivity contribution >= 4 is 12.1 Å². The van der Waals surface area contributed by atoms with E-state index >= 15 is 0 Å². The number of amides is 1. The minimum atomic E-state index is -0.368. The van der Waals surface area contributed by atoms with Crippen molar-refractivity contribution in [3.63, 3.8) is 0 Å². The van der Waals surface area contributed by atoms with Gasteiger partial charge >= 0.3 is 0 Å². The van der Waals surface area contributed by atoms with Crippen LogP contribution in [-0.4, -0.2) is 18.7 Å². The highest BCUT2D eigenvalue weighted by molar-refractivity contribution is 5.93. The lowest BCUT2D eigenvalue weighted by atomic mass is 9.66. The zero-order valence-electron chi connectivity index (χ0n) is 14.7. The Labute approximate surface area is 144 Å². The Morgan fingerprint density at radius 2 is 2.04 bits per heavy atom. The van der Waals surface area contributed by atoms with Crippen molar-refractivity contribution in [2.24, 2.45) is 16.8 Å². The Morgan fingerprint density at radius 3 is 2.67 bits per heavy atom. The van der Waals surface area contributed by atoms with Crippen molar-refractivity contribution < 1.29 is 9.63 Å². The summed E-state index contributed by atoms with van der Waals surface area (Å²) in [4.78, 5) is 17.0. The van der Waals surface area contributed by atoms with Gasteiger partial charge in [-0.2, -0.15) is 0 Å². The molecule has 1 aliphatic carbocycles. The molecule has 0 heterocycles. The average molecular weight is 326 g/mol. The molecule has 1 aromatic rings. The standard InChI is InChI=1S/C20H26N2O2/c1-15(2)14-24-22-12-11-20(18-7-5-4-6-8-18)13-17(19(21)23)10-9-16(20)3/h4-10,12,15H,11,13-14H2,1-3H3,(H2,21,23). The van der Waals surface area contributed by atoms with Gasteiger partial charge in [-0.3, -0.25) is 4.79 Å². The molecule has 0 radical (unpaired) electrons. The summed E-state index contributed by atoms with van der Waals surface area (Å²) in [6.07, 6.45) is 6.84. The molecule has 0 aromatic heterocycles. The second-order valence-corrected chi connectivity index (χ2v) is 6.71. The monoisotopic (exact) mass is 326 g/mol. The molecule has 4 heteroatoms. The van der Waals surface area contributed by atoms with Crippen molar-refractivity contribution in [3.8, 4) is 0 Å². The summed E-state index contributed by atoms with van der Waals surface area (Å²) >= 11 is 0. The molecule has 1 amide bonds. The molecule has 0 spiro atoms. The molecular formula is C20H26N2O2. The minimum Gasteiger partial charge on any atom is -0.396 e. The summed E-state index contributed by atoms with van der Waals surface area (Å²) in [5.74, 6) is 0.0676. The number of nitrogens with two attached hydrogens (primary N) is 1. The third-order valence-electron chi connectivity index (χ3n) is 4.42. The zero-order chi connectivity index (χ0) is 17.6. The van der Waals surface area contributed by atoms with Crippen molar-refractivity contribution in [1.29, 1.82) is 0 Å². The van der Waals surface area contributed by atoms with Gasteiger partial charge < -0.3 is 10.6 Å². The summed E-state index contributed by atoms with van der Waals surface area (Å²) in [5, 5.41) is 4.09. The van der Waals surface area contributed by atoms with E-state index in [1.54, 1.807) is 6.21 Å². The molecule has 1 aliphatic rings. The molecule has 1 unspecified atom stereocenters. The van der Waals surface area contributed by atoms with Crippen molar-refractivity contribution in [3.05, 3.63) is 59.2 Å². The molecule has 24 heavy (non-hydrogen) atoms. The van der Waals surface area contributed by atoms with Gasteiger partial charge in [0.05, 0.1) is 0 Å². The van der Waals surface area contributed by atoms with E-state index < -0.39 is 0 Å². The first-order valence-corrected chi connectivity index (χ1v) is 8.33. The van der Waals surface area contributed by atoms with Gasteiger partial charge in [-0.25, -0.2) is 0 Å². The first-order valence-electron chi connectivity index (χ1n) is 8.33. The van der Waals surface area contributed by atoms with Gasteiger partial charge in [0.15, 0.2) is 0 Å². The Balaban J connectivity index is 2.29. The van der Waals surface area contributed by atoms with Gasteiger partial charge in [0.25, 0.3) is 0 Å². The van der Waals surface area contributed by atoms with Crippen LogP contribution >= 0.6 is 0 Å². The number of rotatable bonds is 7. The summed E-state index contributed by atoms with van der Waals surface area (Å²) in [6.45, 7) is 6.85. The zero-order valence-corrected chi connectivity index (χ0v) is 14.7. The van der Waals surface area contributed by atoms with Gasteiger partial charge in [-0.05, 0) is 31.2 Å². The summed E-state index contributed by atoms with van der Waals surface area (Å²) < 4.78 is 0. The highest BCUT2D eigenvalue weighted by Gasteiger charge is 2.37. The molecule has 4 nitrogen and oxygen atoms in total. The summed E-state index contributed by atoms with van der Waals surface area (Å²) in [5.41, 5.74) is 8.19. The van der Waals surface area contributed by atoms with Gasteiger partial charge in [0.2, 0.25) is 5.91 Å². The van der Waals surface area contributed by atoms with Crippen LogP contribution in [0.2, 0.25) is 0 Å². The van der Waals surface area contributed by atoms with Crippen LogP contribution in [0.4, 0.5) is 0 Å². The molecular weight excluding hydrogens is 300 g/mol. The third-order valence-corrected chi connectivity index (χ3v) is 4.42. The van der Waals surface area contributed by atoms with E-state index in [-0.39, 0.29) is 11.3 Å². The number of hydrogen-bond acceptors (Lipinski definition) is 3. The lowest BCUT2D eigenvalue weighted by molar-refractivity contribution is -0.114. The largest absolute Gasteiger partial charge is 0.396 e. The van der Waals surface area contributed by atoms with E-state index in [1.807, 2.05) is 30.4 Å². The number of carbonyl (C=O) groups is 1. The number of oxime groups is 1. The molecule has 0 bridgehead atoms. The quantitative estimate of drug-likeness (QED) is 0.613. The molecule has 0 saturated carbocycles. The highest BCUT2D eigenvalue weighted by atomic mass is 16.6. The number of nitrogens with zero attached hydrogens (tertiary/aromatic N) is 1. The number of carbonyl (C=O) groups excluding carboxylic acids is 1. The molecule has 0 saturated heterocycles. The maximum atomic E-state index is 11.7. The van der Waals surface area contributed by atoms with Crippen LogP contribution in [0, 0.1) is 5.92 Å². The van der Waals surface area contributed by atoms with Crippen LogP contribution in [0.1, 0.15) is 39.2 Å². The van der Waals surface area contributed by atoms with E-state index in [9.17, 15) is 4.79 Å². The van der Waals surface area contributed by atoms with Crippen LogP contribution in [-0.2, 0) is 15.0 Å². The predicted molar refractivity (Wildman–Crippen MR) is 97.7 cm³/mol. The fourth-order valence-corrected chi connectivity index (χ4v) is 2.95. The SMILES string of the molecule is CC1=CC=C(C(N)=O)CC1(CC=NOCC(C)C)c1ccccc1. The highest BCUT2D eigenvalue weighted by Crippen LogP contribution is 2.43. The predicted octanol–water partition coefficient (Wildman–Crippen LogP) is 3.73. The van der Waals surface area contributed by atoms with Crippen LogP contribution < -0.4 is 5.73 Å². The maximum Gasteiger partial charge on any atom is 0.244 e. The molecule has 0 fully saturated rings. The number of primary amides is 1. The van der Waals surface area contributed by atoms with E-state index in [0.29, 0.717) is 30.9 Å². The summed E-state index contributed by atoms with van der Waals surface area (Å²) in [7, 11) is 0. The molecule has 1 atom stereocenters. The van der Waals surface area contributed by atoms with Gasteiger partial charge in [0.1, 0.15) is 6.61 Å². The van der Waals surface area contributed by atoms with E-state index in [2.05, 4.69) is 38.1 Å². The fourth-order valence-electron chi connectivity index (χ4n) is 2.95. The van der Waals surface area contributed by atoms with Gasteiger partial charge in [-0.1, -0.05) is 67.1 Å². The number of allylic oxidation sites excluding steroid dienone is 3. The van der Waals surface area contributed by atoms with Crippen LogP contribution in [0.3, 0.4) is 0 Å². The Bertz CT molecular complexity index is 659. The second-order valence-electron chi connectivity index (χ2n) is 6.71. The van der Waals surface area contributed by atoms with Crippen molar-refractivity contribution in [1.82, 2.24) is 0 Å². The van der Waals surface area contributed by atoms with Gasteiger partial charge in [-0.15, -0.1) is 0 Å². The van der Waals surface area contributed by atoms with Crippen molar-refractivity contribution in [2.45, 2.75) is 39.0 Å². The smallest absolute Gasteiger partial charge is 0.244 e. The topological polar surface area (TPSA) is 64.7 Å². The van der Waals surface area contributed by atoms with Crippen LogP contribution in [0.25, 0.3) is 0 Å². The minimum absolute atomic E-state index is 0.314. The molecule has 2 rings (SSSR count). The second kappa shape index (κ2) is 7.95. The number of benzene rings is 1. The van der Waals surface area contributed by atoms with Gasteiger partial charge in [0, 0.05) is 17.2 Å². The normalized spacial score (nSPS) is 20.8. The van der Waals surface area contributed by atoms with E-state index in [4.69, 9.17) is 10.6 Å². The van der Waals surface area contributed by atoms with E-state index in [0.717, 1.165) is 5.56 Å². The molecule has 2 N–H and O–H groups in total.